The lowest BCUT2D eigenvalue weighted by Gasteiger charge is -2.11. The first-order chi connectivity index (χ1) is 7.68. The van der Waals surface area contributed by atoms with Crippen LogP contribution in [0.4, 0.5) is 4.39 Å². The molecule has 2 atom stereocenters. The number of aromatic nitrogens is 1. The maximum Gasteiger partial charge on any atom is 0.189 e. The number of benzene rings is 1. The van der Waals surface area contributed by atoms with E-state index in [-0.39, 0.29) is 11.5 Å². The van der Waals surface area contributed by atoms with Crippen molar-refractivity contribution < 1.29 is 4.39 Å². The van der Waals surface area contributed by atoms with Crippen molar-refractivity contribution in [3.05, 3.63) is 46.2 Å². The van der Waals surface area contributed by atoms with Gasteiger partial charge in [0, 0.05) is 24.1 Å². The fourth-order valence-corrected chi connectivity index (χ4v) is 2.23. The van der Waals surface area contributed by atoms with Crippen LogP contribution in [0.3, 0.4) is 0 Å². The second kappa shape index (κ2) is 3.17. The van der Waals surface area contributed by atoms with Gasteiger partial charge in [-0.15, -0.1) is 0 Å². The maximum atomic E-state index is 13.1. The zero-order valence-corrected chi connectivity index (χ0v) is 8.98. The van der Waals surface area contributed by atoms with Gasteiger partial charge in [0.15, 0.2) is 5.43 Å². The molecular formula is C13H12FNO. The molecule has 0 saturated heterocycles. The lowest BCUT2D eigenvalue weighted by atomic mass is 10.1. The predicted molar refractivity (Wildman–Crippen MR) is 61.5 cm³/mol. The Balaban J connectivity index is 2.38. The summed E-state index contributed by atoms with van der Waals surface area (Å²) in [6.07, 6.45) is 1.51. The molecular weight excluding hydrogens is 205 g/mol. The van der Waals surface area contributed by atoms with Crippen LogP contribution in [0.1, 0.15) is 18.0 Å². The third-order valence-corrected chi connectivity index (χ3v) is 3.19. The van der Waals surface area contributed by atoms with Crippen LogP contribution in [-0.4, -0.2) is 10.7 Å². The van der Waals surface area contributed by atoms with E-state index in [1.165, 1.54) is 6.07 Å². The van der Waals surface area contributed by atoms with Gasteiger partial charge in [0.2, 0.25) is 0 Å². The van der Waals surface area contributed by atoms with Gasteiger partial charge in [0.25, 0.3) is 0 Å². The van der Waals surface area contributed by atoms with Crippen LogP contribution < -0.4 is 5.43 Å². The van der Waals surface area contributed by atoms with Crippen LogP contribution in [-0.2, 0) is 0 Å². The normalized spacial score (nSPS) is 23.6. The average molecular weight is 217 g/mol. The van der Waals surface area contributed by atoms with E-state index in [2.05, 4.69) is 0 Å². The average Bonchev–Trinajstić information content (AvgIpc) is 2.97. The first-order valence-electron chi connectivity index (χ1n) is 5.43. The molecule has 1 fully saturated rings. The monoisotopic (exact) mass is 217 g/mol. The minimum absolute atomic E-state index is 0.00556. The fraction of sp³-hybridized carbons (Fsp3) is 0.308. The molecule has 0 spiro atoms. The van der Waals surface area contributed by atoms with Gasteiger partial charge >= 0.3 is 0 Å². The Hall–Kier alpha value is -1.64. The van der Waals surface area contributed by atoms with Gasteiger partial charge in [0.05, 0.1) is 11.6 Å². The molecule has 2 nitrogen and oxygen atoms in total. The van der Waals surface area contributed by atoms with E-state index in [0.717, 1.165) is 11.1 Å². The number of fused-ring (bicyclic) bond motifs is 1. The molecule has 0 aliphatic heterocycles. The highest BCUT2D eigenvalue weighted by Crippen LogP contribution is 2.40. The number of nitrogens with zero attached hydrogens (tertiary/aromatic N) is 1. The Morgan fingerprint density at radius 1 is 1.38 bits per heavy atom. The van der Waals surface area contributed by atoms with Crippen molar-refractivity contribution in [2.75, 3.05) is 0 Å². The van der Waals surface area contributed by atoms with Gasteiger partial charge in [0.1, 0.15) is 6.17 Å². The van der Waals surface area contributed by atoms with E-state index in [0.29, 0.717) is 11.8 Å². The summed E-state index contributed by atoms with van der Waals surface area (Å²) in [5, 5.41) is 0.682. The summed E-state index contributed by atoms with van der Waals surface area (Å²) in [7, 11) is 0. The third-order valence-electron chi connectivity index (χ3n) is 3.19. The molecule has 0 bridgehead atoms. The molecule has 0 N–H and O–H groups in total. The molecule has 0 unspecified atom stereocenters. The highest BCUT2D eigenvalue weighted by molar-refractivity contribution is 5.82. The Bertz CT molecular complexity index is 617. The zero-order valence-electron chi connectivity index (χ0n) is 8.98. The van der Waals surface area contributed by atoms with Gasteiger partial charge < -0.3 is 4.57 Å². The minimum atomic E-state index is -0.759. The second-order valence-corrected chi connectivity index (χ2v) is 4.38. The summed E-state index contributed by atoms with van der Waals surface area (Å²) >= 11 is 0. The molecule has 16 heavy (non-hydrogen) atoms. The largest absolute Gasteiger partial charge is 0.341 e. The molecule has 1 aliphatic rings. The summed E-state index contributed by atoms with van der Waals surface area (Å²) < 4.78 is 15.0. The van der Waals surface area contributed by atoms with Gasteiger partial charge in [-0.1, -0.05) is 12.1 Å². The zero-order chi connectivity index (χ0) is 11.3. The number of rotatable bonds is 1. The smallest absolute Gasteiger partial charge is 0.189 e. The molecule has 1 heterocycles. The van der Waals surface area contributed by atoms with Gasteiger partial charge in [-0.05, 0) is 18.6 Å². The molecule has 0 radical (unpaired) electrons. The van der Waals surface area contributed by atoms with E-state index in [1.807, 2.05) is 23.6 Å². The van der Waals surface area contributed by atoms with Crippen LogP contribution in [0, 0.1) is 6.92 Å². The number of aryl methyl sites for hydroxylation is 1. The van der Waals surface area contributed by atoms with Crippen molar-refractivity contribution in [2.45, 2.75) is 25.6 Å². The van der Waals surface area contributed by atoms with Crippen molar-refractivity contribution in [3.63, 3.8) is 0 Å². The number of hydrogen-bond acceptors (Lipinski definition) is 1. The topological polar surface area (TPSA) is 22.0 Å². The lowest BCUT2D eigenvalue weighted by Crippen LogP contribution is -2.08. The third kappa shape index (κ3) is 1.28. The SMILES string of the molecule is Cc1cccc2c(=O)ccn([C@@H]3C[C@@H]3F)c12. The highest BCUT2D eigenvalue weighted by Gasteiger charge is 2.39. The molecule has 0 amide bonds. The molecule has 3 rings (SSSR count). The Labute approximate surface area is 92.3 Å². The van der Waals surface area contributed by atoms with Crippen LogP contribution in [0.25, 0.3) is 10.9 Å². The number of alkyl halides is 1. The number of pyridine rings is 1. The Kier molecular flexibility index (Phi) is 1.90. The molecule has 1 aromatic heterocycles. The maximum absolute atomic E-state index is 13.1. The first-order valence-corrected chi connectivity index (χ1v) is 5.43. The van der Waals surface area contributed by atoms with E-state index >= 15 is 0 Å². The van der Waals surface area contributed by atoms with Crippen LogP contribution in [0.5, 0.6) is 0 Å². The molecule has 1 aromatic carbocycles. The first kappa shape index (κ1) is 9.58. The number of hydrogen-bond donors (Lipinski definition) is 0. The standard InChI is InChI=1S/C13H12FNO/c1-8-3-2-4-9-12(16)5-6-15(13(8)9)11-7-10(11)14/h2-6,10-11H,7H2,1H3/t10-,11+/m0/s1. The van der Waals surface area contributed by atoms with Crippen molar-refractivity contribution >= 4 is 10.9 Å². The molecule has 82 valence electrons. The molecule has 1 aliphatic carbocycles. The van der Waals surface area contributed by atoms with Crippen molar-refractivity contribution in [3.8, 4) is 0 Å². The highest BCUT2D eigenvalue weighted by atomic mass is 19.1. The molecule has 2 aromatic rings. The Morgan fingerprint density at radius 3 is 2.81 bits per heavy atom. The summed E-state index contributed by atoms with van der Waals surface area (Å²) in [5.74, 6) is 0. The minimum Gasteiger partial charge on any atom is -0.341 e. The summed E-state index contributed by atoms with van der Waals surface area (Å²) in [4.78, 5) is 11.7. The van der Waals surface area contributed by atoms with Crippen LogP contribution in [0.2, 0.25) is 0 Å². The van der Waals surface area contributed by atoms with E-state index in [1.54, 1.807) is 12.3 Å². The van der Waals surface area contributed by atoms with E-state index in [9.17, 15) is 9.18 Å². The van der Waals surface area contributed by atoms with Gasteiger partial charge in [-0.2, -0.15) is 0 Å². The van der Waals surface area contributed by atoms with Gasteiger partial charge in [-0.25, -0.2) is 4.39 Å². The fourth-order valence-electron chi connectivity index (χ4n) is 2.23. The molecule has 1 saturated carbocycles. The van der Waals surface area contributed by atoms with Crippen molar-refractivity contribution in [1.82, 2.24) is 4.57 Å². The predicted octanol–water partition coefficient (Wildman–Crippen LogP) is 2.59. The molecule has 3 heteroatoms. The van der Waals surface area contributed by atoms with Gasteiger partial charge in [-0.3, -0.25) is 4.79 Å². The van der Waals surface area contributed by atoms with Crippen LogP contribution in [0.15, 0.2) is 35.3 Å². The van der Waals surface area contributed by atoms with E-state index in [4.69, 9.17) is 0 Å². The summed E-state index contributed by atoms with van der Waals surface area (Å²) in [6.45, 7) is 1.95. The van der Waals surface area contributed by atoms with Crippen molar-refractivity contribution in [2.24, 2.45) is 0 Å². The number of para-hydroxylation sites is 1. The van der Waals surface area contributed by atoms with Crippen LogP contribution >= 0.6 is 0 Å². The lowest BCUT2D eigenvalue weighted by molar-refractivity contribution is 0.444. The summed E-state index contributed by atoms with van der Waals surface area (Å²) in [6, 6.07) is 7.06. The Morgan fingerprint density at radius 2 is 2.12 bits per heavy atom. The number of halogens is 1. The van der Waals surface area contributed by atoms with E-state index < -0.39 is 6.17 Å². The second-order valence-electron chi connectivity index (χ2n) is 4.38. The quantitative estimate of drug-likeness (QED) is 0.719. The van der Waals surface area contributed by atoms with Crippen molar-refractivity contribution in [1.29, 1.82) is 0 Å². The summed E-state index contributed by atoms with van der Waals surface area (Å²) in [5.41, 5.74) is 1.90.